The van der Waals surface area contributed by atoms with Crippen LogP contribution in [0.3, 0.4) is 0 Å². The van der Waals surface area contributed by atoms with Crippen LogP contribution >= 0.6 is 23.2 Å². The number of aryl methyl sites for hydroxylation is 2. The summed E-state index contributed by atoms with van der Waals surface area (Å²) in [4.78, 5) is 27.5. The SMILES string of the molecule is CCN(CC(=O)Nc1cc(-c2ccccc2)nn1-c1ccc(Cl)c(Cl)c1)C(=O)Nc1c(C)cccc1C. The molecule has 0 radical (unpaired) electrons. The molecule has 4 aromatic rings. The molecule has 1 aromatic heterocycles. The Kier molecular flexibility index (Phi) is 8.16. The molecular formula is C28H27Cl2N5O2. The largest absolute Gasteiger partial charge is 0.322 e. The Morgan fingerprint density at radius 3 is 2.24 bits per heavy atom. The number of nitrogens with zero attached hydrogens (tertiary/aromatic N) is 3. The average Bonchev–Trinajstić information content (AvgIpc) is 3.30. The van der Waals surface area contributed by atoms with Gasteiger partial charge in [0.15, 0.2) is 0 Å². The molecule has 2 N–H and O–H groups in total. The van der Waals surface area contributed by atoms with Gasteiger partial charge in [-0.15, -0.1) is 0 Å². The zero-order valence-electron chi connectivity index (χ0n) is 20.8. The molecule has 0 atom stereocenters. The lowest BCUT2D eigenvalue weighted by atomic mass is 10.1. The van der Waals surface area contributed by atoms with Crippen LogP contribution in [0.1, 0.15) is 18.1 Å². The van der Waals surface area contributed by atoms with E-state index in [1.54, 1.807) is 28.9 Å². The molecule has 0 bridgehead atoms. The fourth-order valence-corrected chi connectivity index (χ4v) is 4.21. The Balaban J connectivity index is 1.57. The Morgan fingerprint density at radius 1 is 0.892 bits per heavy atom. The number of aromatic nitrogens is 2. The average molecular weight is 536 g/mol. The second-order valence-electron chi connectivity index (χ2n) is 8.55. The number of anilines is 2. The minimum absolute atomic E-state index is 0.138. The molecule has 190 valence electrons. The minimum atomic E-state index is -0.362. The molecule has 7 nitrogen and oxygen atoms in total. The lowest BCUT2D eigenvalue weighted by Crippen LogP contribution is -2.40. The van der Waals surface area contributed by atoms with Crippen molar-refractivity contribution in [3.63, 3.8) is 0 Å². The van der Waals surface area contributed by atoms with E-state index >= 15 is 0 Å². The van der Waals surface area contributed by atoms with Crippen LogP contribution in [0.15, 0.2) is 72.8 Å². The second-order valence-corrected chi connectivity index (χ2v) is 9.36. The molecule has 4 rings (SSSR count). The van der Waals surface area contributed by atoms with Gasteiger partial charge in [-0.3, -0.25) is 4.79 Å². The Labute approximate surface area is 226 Å². The Hall–Kier alpha value is -3.81. The highest BCUT2D eigenvalue weighted by atomic mass is 35.5. The molecule has 0 unspecified atom stereocenters. The maximum Gasteiger partial charge on any atom is 0.322 e. The topological polar surface area (TPSA) is 79.3 Å². The van der Waals surface area contributed by atoms with E-state index in [2.05, 4.69) is 10.6 Å². The van der Waals surface area contributed by atoms with Crippen LogP contribution in [-0.2, 0) is 4.79 Å². The Morgan fingerprint density at radius 2 is 1.59 bits per heavy atom. The first-order valence-corrected chi connectivity index (χ1v) is 12.5. The number of para-hydroxylation sites is 1. The lowest BCUT2D eigenvalue weighted by molar-refractivity contribution is -0.116. The van der Waals surface area contributed by atoms with Gasteiger partial charge < -0.3 is 15.5 Å². The predicted molar refractivity (Wildman–Crippen MR) is 150 cm³/mol. The zero-order chi connectivity index (χ0) is 26.5. The molecule has 0 aliphatic heterocycles. The summed E-state index contributed by atoms with van der Waals surface area (Å²) in [6.07, 6.45) is 0. The van der Waals surface area contributed by atoms with E-state index in [0.29, 0.717) is 33.8 Å². The highest BCUT2D eigenvalue weighted by Crippen LogP contribution is 2.29. The normalized spacial score (nSPS) is 10.7. The van der Waals surface area contributed by atoms with Crippen molar-refractivity contribution in [3.05, 3.63) is 94.0 Å². The molecule has 0 aliphatic carbocycles. The number of rotatable bonds is 7. The number of hydrogen-bond donors (Lipinski definition) is 2. The first-order chi connectivity index (χ1) is 17.8. The van der Waals surface area contributed by atoms with Crippen LogP contribution < -0.4 is 10.6 Å². The van der Waals surface area contributed by atoms with Crippen LogP contribution in [0.25, 0.3) is 16.9 Å². The van der Waals surface area contributed by atoms with Gasteiger partial charge in [-0.1, -0.05) is 71.7 Å². The van der Waals surface area contributed by atoms with Crippen LogP contribution in [0.4, 0.5) is 16.3 Å². The lowest BCUT2D eigenvalue weighted by Gasteiger charge is -2.22. The number of halogens is 2. The highest BCUT2D eigenvalue weighted by molar-refractivity contribution is 6.42. The van der Waals surface area contributed by atoms with Gasteiger partial charge in [0.05, 0.1) is 21.4 Å². The molecular weight excluding hydrogens is 509 g/mol. The zero-order valence-corrected chi connectivity index (χ0v) is 22.3. The summed E-state index contributed by atoms with van der Waals surface area (Å²) >= 11 is 12.3. The summed E-state index contributed by atoms with van der Waals surface area (Å²) in [5, 5.41) is 11.3. The molecule has 0 fully saturated rings. The van der Waals surface area contributed by atoms with E-state index in [1.165, 1.54) is 4.90 Å². The van der Waals surface area contributed by atoms with Gasteiger partial charge >= 0.3 is 6.03 Å². The van der Waals surface area contributed by atoms with E-state index in [9.17, 15) is 9.59 Å². The number of benzene rings is 3. The number of hydrogen-bond acceptors (Lipinski definition) is 3. The molecule has 0 spiro atoms. The summed E-state index contributed by atoms with van der Waals surface area (Å²) in [5.74, 6) is 0.0766. The number of carbonyl (C=O) groups excluding carboxylic acids is 2. The van der Waals surface area contributed by atoms with Crippen molar-refractivity contribution in [2.75, 3.05) is 23.7 Å². The Bertz CT molecular complexity index is 1420. The third kappa shape index (κ3) is 6.13. The smallest absolute Gasteiger partial charge is 0.315 e. The number of likely N-dealkylation sites (N-methyl/N-ethyl adjacent to an activating group) is 1. The third-order valence-corrected chi connectivity index (χ3v) is 6.65. The summed E-state index contributed by atoms with van der Waals surface area (Å²) in [7, 11) is 0. The van der Waals surface area contributed by atoms with Crippen LogP contribution in [0.2, 0.25) is 10.0 Å². The van der Waals surface area contributed by atoms with Gasteiger partial charge in [0, 0.05) is 23.9 Å². The van der Waals surface area contributed by atoms with Gasteiger partial charge in [-0.05, 0) is 50.1 Å². The highest BCUT2D eigenvalue weighted by Gasteiger charge is 2.20. The standard InChI is InChI=1S/C28H27Cl2N5O2/c1-4-34(28(37)32-27-18(2)9-8-10-19(27)3)17-26(36)31-25-16-24(20-11-6-5-7-12-20)33-35(25)21-13-14-22(29)23(30)15-21/h5-16H,4,17H2,1-3H3,(H,31,36)(H,32,37). The van der Waals surface area contributed by atoms with Crippen molar-refractivity contribution in [2.45, 2.75) is 20.8 Å². The predicted octanol–water partition coefficient (Wildman–Crippen LogP) is 6.96. The summed E-state index contributed by atoms with van der Waals surface area (Å²) in [6.45, 7) is 5.90. The van der Waals surface area contributed by atoms with E-state index in [1.807, 2.05) is 69.3 Å². The van der Waals surface area contributed by atoms with E-state index in [4.69, 9.17) is 28.3 Å². The minimum Gasteiger partial charge on any atom is -0.315 e. The monoisotopic (exact) mass is 535 g/mol. The quantitative estimate of drug-likeness (QED) is 0.268. The third-order valence-electron chi connectivity index (χ3n) is 5.91. The summed E-state index contributed by atoms with van der Waals surface area (Å²) in [5.41, 5.74) is 4.84. The van der Waals surface area contributed by atoms with Crippen molar-refractivity contribution >= 4 is 46.6 Å². The van der Waals surface area contributed by atoms with E-state index in [0.717, 1.165) is 22.4 Å². The first kappa shape index (κ1) is 26.3. The molecule has 9 heteroatoms. The van der Waals surface area contributed by atoms with E-state index < -0.39 is 0 Å². The van der Waals surface area contributed by atoms with Crippen molar-refractivity contribution in [1.29, 1.82) is 0 Å². The van der Waals surface area contributed by atoms with Gasteiger partial charge in [0.25, 0.3) is 0 Å². The first-order valence-electron chi connectivity index (χ1n) is 11.8. The molecule has 3 aromatic carbocycles. The summed E-state index contributed by atoms with van der Waals surface area (Å²) in [6, 6.07) is 22.0. The maximum atomic E-state index is 13.1. The number of carbonyl (C=O) groups is 2. The van der Waals surface area contributed by atoms with Crippen LogP contribution in [0, 0.1) is 13.8 Å². The number of nitrogens with one attached hydrogen (secondary N) is 2. The second kappa shape index (κ2) is 11.5. The van der Waals surface area contributed by atoms with Gasteiger partial charge in [0.2, 0.25) is 5.91 Å². The molecule has 0 saturated heterocycles. The summed E-state index contributed by atoms with van der Waals surface area (Å²) < 4.78 is 1.59. The fraction of sp³-hybridized carbons (Fsp3) is 0.179. The fourth-order valence-electron chi connectivity index (χ4n) is 3.91. The van der Waals surface area contributed by atoms with Gasteiger partial charge in [0.1, 0.15) is 12.4 Å². The molecule has 37 heavy (non-hydrogen) atoms. The van der Waals surface area contributed by atoms with Crippen LogP contribution in [-0.4, -0.2) is 39.7 Å². The number of urea groups is 1. The molecule has 0 aliphatic rings. The maximum absolute atomic E-state index is 13.1. The van der Waals surface area contributed by atoms with Crippen molar-refractivity contribution in [2.24, 2.45) is 0 Å². The molecule has 0 saturated carbocycles. The molecule has 3 amide bonds. The molecule has 1 heterocycles. The van der Waals surface area contributed by atoms with Crippen molar-refractivity contribution in [3.8, 4) is 16.9 Å². The number of amides is 3. The van der Waals surface area contributed by atoms with E-state index in [-0.39, 0.29) is 18.5 Å². The van der Waals surface area contributed by atoms with Gasteiger partial charge in [-0.25, -0.2) is 9.48 Å². The van der Waals surface area contributed by atoms with Gasteiger partial charge in [-0.2, -0.15) is 5.10 Å². The van der Waals surface area contributed by atoms with Crippen molar-refractivity contribution < 1.29 is 9.59 Å². The van der Waals surface area contributed by atoms with Crippen LogP contribution in [0.5, 0.6) is 0 Å². The van der Waals surface area contributed by atoms with Crippen molar-refractivity contribution in [1.82, 2.24) is 14.7 Å².